The number of amidine groups is 1. The van der Waals surface area contributed by atoms with Crippen molar-refractivity contribution in [2.24, 2.45) is 9.98 Å². The fourth-order valence-electron chi connectivity index (χ4n) is 3.91. The van der Waals surface area contributed by atoms with E-state index in [4.69, 9.17) is 9.98 Å². The average Bonchev–Trinajstić information content (AvgIpc) is 2.85. The van der Waals surface area contributed by atoms with Crippen molar-refractivity contribution in [3.8, 4) is 11.3 Å². The Morgan fingerprint density at radius 1 is 1.12 bits per heavy atom. The van der Waals surface area contributed by atoms with Crippen molar-refractivity contribution < 1.29 is 4.79 Å². The third-order valence-corrected chi connectivity index (χ3v) is 6.11. The Morgan fingerprint density at radius 3 is 2.41 bits per heavy atom. The summed E-state index contributed by atoms with van der Waals surface area (Å²) in [7, 11) is 1.71. The SMILES string of the molecule is C/C=C(C)\N=C(/c1ccc(-c2ccc(/C=N\C)c(C(C)=O)c2)nc1CC)N(CCC)[C@@H](C)CC. The zero-order valence-electron chi connectivity index (χ0n) is 22.1. The van der Waals surface area contributed by atoms with Gasteiger partial charge in [-0.15, -0.1) is 0 Å². The predicted molar refractivity (Wildman–Crippen MR) is 145 cm³/mol. The molecule has 0 saturated carbocycles. The third-order valence-electron chi connectivity index (χ3n) is 6.11. The lowest BCUT2D eigenvalue weighted by molar-refractivity contribution is 0.101. The molecule has 0 unspecified atom stereocenters. The first-order chi connectivity index (χ1) is 16.3. The number of hydrogen-bond acceptors (Lipinski definition) is 4. The number of pyridine rings is 1. The first-order valence-electron chi connectivity index (χ1n) is 12.4. The maximum absolute atomic E-state index is 12.2. The van der Waals surface area contributed by atoms with Crippen molar-refractivity contribution in [3.05, 3.63) is 64.5 Å². The lowest BCUT2D eigenvalue weighted by Crippen LogP contribution is -2.40. The maximum Gasteiger partial charge on any atom is 0.160 e. The molecule has 2 rings (SSSR count). The van der Waals surface area contributed by atoms with Crippen molar-refractivity contribution in [1.82, 2.24) is 9.88 Å². The topological polar surface area (TPSA) is 57.9 Å². The number of nitrogens with zero attached hydrogens (tertiary/aromatic N) is 4. The van der Waals surface area contributed by atoms with E-state index in [0.717, 1.165) is 65.4 Å². The molecular weight excluding hydrogens is 420 g/mol. The van der Waals surface area contributed by atoms with E-state index < -0.39 is 0 Å². The number of benzene rings is 1. The maximum atomic E-state index is 12.2. The van der Waals surface area contributed by atoms with Gasteiger partial charge in [0, 0.05) is 53.8 Å². The van der Waals surface area contributed by atoms with Crippen LogP contribution in [-0.4, -0.2) is 47.4 Å². The number of ketones is 1. The number of aromatic nitrogens is 1. The van der Waals surface area contributed by atoms with Crippen molar-refractivity contribution >= 4 is 17.8 Å². The number of carbonyl (C=O) groups excluding carboxylic acids is 1. The Kier molecular flexibility index (Phi) is 10.4. The quantitative estimate of drug-likeness (QED) is 0.224. The molecule has 2 aromatic rings. The molecule has 0 N–H and O–H groups in total. The van der Waals surface area contributed by atoms with Gasteiger partial charge < -0.3 is 4.90 Å². The molecule has 182 valence electrons. The van der Waals surface area contributed by atoms with Crippen molar-refractivity contribution in [2.75, 3.05) is 13.6 Å². The minimum Gasteiger partial charge on any atom is -0.353 e. The lowest BCUT2D eigenvalue weighted by atomic mass is 9.98. The number of aryl methyl sites for hydroxylation is 1. The monoisotopic (exact) mass is 460 g/mol. The highest BCUT2D eigenvalue weighted by atomic mass is 16.1. The molecule has 5 heteroatoms. The summed E-state index contributed by atoms with van der Waals surface area (Å²) in [5.74, 6) is 1.01. The number of aliphatic imine (C=N–C) groups is 2. The van der Waals surface area contributed by atoms with Gasteiger partial charge in [0.2, 0.25) is 0 Å². The number of allylic oxidation sites excluding steroid dienone is 2. The van der Waals surface area contributed by atoms with Gasteiger partial charge in [-0.3, -0.25) is 14.8 Å². The Morgan fingerprint density at radius 2 is 1.85 bits per heavy atom. The molecule has 0 spiro atoms. The molecule has 0 aliphatic rings. The van der Waals surface area contributed by atoms with Gasteiger partial charge in [0.25, 0.3) is 0 Å². The Balaban J connectivity index is 2.67. The largest absolute Gasteiger partial charge is 0.353 e. The molecule has 0 bridgehead atoms. The first kappa shape index (κ1) is 27.2. The second kappa shape index (κ2) is 13.0. The van der Waals surface area contributed by atoms with Crippen molar-refractivity contribution in [1.29, 1.82) is 0 Å². The molecule has 0 saturated heterocycles. The zero-order chi connectivity index (χ0) is 25.3. The molecule has 1 heterocycles. The van der Waals surface area contributed by atoms with Crippen LogP contribution in [0.1, 0.15) is 88.5 Å². The summed E-state index contributed by atoms with van der Waals surface area (Å²) in [6.45, 7) is 15.4. The highest BCUT2D eigenvalue weighted by Gasteiger charge is 2.21. The summed E-state index contributed by atoms with van der Waals surface area (Å²) in [4.78, 5) is 28.8. The Bertz CT molecular complexity index is 1080. The number of Topliss-reactive ketones (excluding diaryl/α,β-unsaturated/α-hetero) is 1. The highest BCUT2D eigenvalue weighted by molar-refractivity contribution is 6.03. The fraction of sp³-hybridized carbons (Fsp3) is 0.448. The molecular formula is C29H40N4O. The van der Waals surface area contributed by atoms with Crippen LogP contribution in [0.2, 0.25) is 0 Å². The lowest BCUT2D eigenvalue weighted by Gasteiger charge is -2.32. The molecule has 0 fully saturated rings. The van der Waals surface area contributed by atoms with Gasteiger partial charge >= 0.3 is 0 Å². The molecule has 0 aliphatic heterocycles. The Labute approximate surface area is 205 Å². The van der Waals surface area contributed by atoms with Crippen molar-refractivity contribution in [2.45, 2.75) is 73.8 Å². The first-order valence-corrected chi connectivity index (χ1v) is 12.4. The van der Waals surface area contributed by atoms with Crippen LogP contribution in [0.3, 0.4) is 0 Å². The molecule has 0 amide bonds. The van der Waals surface area contributed by atoms with E-state index in [1.54, 1.807) is 20.2 Å². The van der Waals surface area contributed by atoms with E-state index in [2.05, 4.69) is 43.7 Å². The van der Waals surface area contributed by atoms with Crippen LogP contribution in [0.4, 0.5) is 0 Å². The van der Waals surface area contributed by atoms with Crippen LogP contribution < -0.4 is 0 Å². The molecule has 0 aliphatic carbocycles. The number of hydrogen-bond donors (Lipinski definition) is 0. The molecule has 1 aromatic carbocycles. The summed E-state index contributed by atoms with van der Waals surface area (Å²) in [5.41, 5.74) is 6.33. The van der Waals surface area contributed by atoms with Crippen molar-refractivity contribution in [3.63, 3.8) is 0 Å². The Hall–Kier alpha value is -3.08. The smallest absolute Gasteiger partial charge is 0.160 e. The normalized spacial score (nSPS) is 13.4. The molecule has 1 atom stereocenters. The van der Waals surface area contributed by atoms with Gasteiger partial charge in [0.05, 0.1) is 11.4 Å². The van der Waals surface area contributed by atoms with Gasteiger partial charge in [0.15, 0.2) is 5.78 Å². The highest BCUT2D eigenvalue weighted by Crippen LogP contribution is 2.25. The van der Waals surface area contributed by atoms with Crippen LogP contribution in [-0.2, 0) is 6.42 Å². The van der Waals surface area contributed by atoms with E-state index in [9.17, 15) is 4.79 Å². The molecule has 0 radical (unpaired) electrons. The van der Waals surface area contributed by atoms with E-state index in [1.807, 2.05) is 44.2 Å². The number of carbonyl (C=O) groups is 1. The van der Waals surface area contributed by atoms with Crippen LogP contribution in [0.25, 0.3) is 11.3 Å². The van der Waals surface area contributed by atoms with Gasteiger partial charge in [-0.25, -0.2) is 4.99 Å². The standard InChI is InChI=1S/C29H40N4O/c1-9-17-33(21(6)11-3)29(31-20(5)10-2)25-15-16-28(32-27(25)12-4)23-13-14-24(19-30-8)26(18-23)22(7)34/h10,13-16,18-19,21H,9,11-12,17H2,1-8H3/b20-10-,30-19-,31-29+/t21-/m0/s1. The van der Waals surface area contributed by atoms with Gasteiger partial charge in [-0.2, -0.15) is 0 Å². The minimum atomic E-state index is 0.0177. The van der Waals surface area contributed by atoms with Crippen LogP contribution >= 0.6 is 0 Å². The van der Waals surface area contributed by atoms with Gasteiger partial charge in [0.1, 0.15) is 5.84 Å². The number of rotatable bonds is 10. The fourth-order valence-corrected chi connectivity index (χ4v) is 3.91. The van der Waals surface area contributed by atoms with Crippen LogP contribution in [0.5, 0.6) is 0 Å². The second-order valence-corrected chi connectivity index (χ2v) is 8.61. The summed E-state index contributed by atoms with van der Waals surface area (Å²) in [6, 6.07) is 10.4. The van der Waals surface area contributed by atoms with Gasteiger partial charge in [-0.05, 0) is 65.2 Å². The van der Waals surface area contributed by atoms with E-state index in [-0.39, 0.29) is 5.78 Å². The van der Waals surface area contributed by atoms with E-state index in [0.29, 0.717) is 11.6 Å². The molecule has 34 heavy (non-hydrogen) atoms. The minimum absolute atomic E-state index is 0.0177. The zero-order valence-corrected chi connectivity index (χ0v) is 22.1. The predicted octanol–water partition coefficient (Wildman–Crippen LogP) is 6.74. The van der Waals surface area contributed by atoms with Crippen LogP contribution in [0.15, 0.2) is 52.1 Å². The van der Waals surface area contributed by atoms with Gasteiger partial charge in [-0.1, -0.05) is 39.0 Å². The summed E-state index contributed by atoms with van der Waals surface area (Å²) >= 11 is 0. The third kappa shape index (κ3) is 6.49. The average molecular weight is 461 g/mol. The second-order valence-electron chi connectivity index (χ2n) is 8.61. The summed E-state index contributed by atoms with van der Waals surface area (Å²) in [5, 5.41) is 0. The molecule has 5 nitrogen and oxygen atoms in total. The van der Waals surface area contributed by atoms with Crippen LogP contribution in [0, 0.1) is 0 Å². The summed E-state index contributed by atoms with van der Waals surface area (Å²) in [6.07, 6.45) is 6.64. The van der Waals surface area contributed by atoms with E-state index in [1.165, 1.54) is 0 Å². The summed E-state index contributed by atoms with van der Waals surface area (Å²) < 4.78 is 0. The molecule has 1 aromatic heterocycles. The van der Waals surface area contributed by atoms with E-state index >= 15 is 0 Å².